The van der Waals surface area contributed by atoms with Gasteiger partial charge in [-0.05, 0) is 81.4 Å². The largest absolute Gasteiger partial charge is 0.316 e. The fourth-order valence-corrected chi connectivity index (χ4v) is 3.75. The molecule has 0 spiro atoms. The summed E-state index contributed by atoms with van der Waals surface area (Å²) < 4.78 is 0. The molecular weight excluding hydrogens is 268 g/mol. The summed E-state index contributed by atoms with van der Waals surface area (Å²) in [5.41, 5.74) is 1.47. The van der Waals surface area contributed by atoms with Crippen LogP contribution in [0.25, 0.3) is 0 Å². The first-order chi connectivity index (χ1) is 9.81. The Hall–Kier alpha value is -0.570. The molecular formula is C17H25ClN2. The van der Waals surface area contributed by atoms with Gasteiger partial charge in [0.25, 0.3) is 0 Å². The van der Waals surface area contributed by atoms with Crippen LogP contribution in [-0.4, -0.2) is 37.6 Å². The van der Waals surface area contributed by atoms with Crippen molar-refractivity contribution in [1.82, 2.24) is 10.2 Å². The third-order valence-electron chi connectivity index (χ3n) is 4.84. The second-order valence-corrected chi connectivity index (χ2v) is 6.78. The highest BCUT2D eigenvalue weighted by molar-refractivity contribution is 6.30. The molecule has 0 aromatic heterocycles. The van der Waals surface area contributed by atoms with Crippen LogP contribution in [0.4, 0.5) is 0 Å². The van der Waals surface area contributed by atoms with Crippen LogP contribution in [0.5, 0.6) is 0 Å². The standard InChI is InChI=1S/C17H25ClN2/c18-17-5-3-15(4-6-17)16-7-10-20(11-8-16)13-14-2-1-9-19-12-14/h3-6,14,16,19H,1-2,7-13H2. The first kappa shape index (κ1) is 14.4. The molecule has 2 heterocycles. The number of nitrogens with one attached hydrogen (secondary N) is 1. The normalized spacial score (nSPS) is 25.8. The van der Waals surface area contributed by atoms with Gasteiger partial charge in [0.2, 0.25) is 0 Å². The van der Waals surface area contributed by atoms with Crippen LogP contribution in [0.1, 0.15) is 37.2 Å². The SMILES string of the molecule is Clc1ccc(C2CCN(CC3CCCNC3)CC2)cc1. The summed E-state index contributed by atoms with van der Waals surface area (Å²) in [6.07, 6.45) is 5.35. The lowest BCUT2D eigenvalue weighted by atomic mass is 9.88. The van der Waals surface area contributed by atoms with Crippen LogP contribution in [0.15, 0.2) is 24.3 Å². The van der Waals surface area contributed by atoms with Crippen molar-refractivity contribution >= 4 is 11.6 Å². The molecule has 3 rings (SSSR count). The third kappa shape index (κ3) is 3.75. The van der Waals surface area contributed by atoms with Crippen molar-refractivity contribution in [1.29, 1.82) is 0 Å². The van der Waals surface area contributed by atoms with Crippen LogP contribution >= 0.6 is 11.6 Å². The lowest BCUT2D eigenvalue weighted by Crippen LogP contribution is -2.41. The molecule has 1 N–H and O–H groups in total. The quantitative estimate of drug-likeness (QED) is 0.917. The highest BCUT2D eigenvalue weighted by Crippen LogP contribution is 2.29. The predicted molar refractivity (Wildman–Crippen MR) is 85.5 cm³/mol. The Morgan fingerprint density at radius 1 is 1.10 bits per heavy atom. The average molecular weight is 293 g/mol. The molecule has 0 saturated carbocycles. The highest BCUT2D eigenvalue weighted by atomic mass is 35.5. The Balaban J connectivity index is 1.47. The molecule has 2 nitrogen and oxygen atoms in total. The van der Waals surface area contributed by atoms with E-state index in [4.69, 9.17) is 11.6 Å². The molecule has 0 aliphatic carbocycles. The zero-order valence-electron chi connectivity index (χ0n) is 12.2. The number of halogens is 1. The van der Waals surface area contributed by atoms with Gasteiger partial charge in [0.05, 0.1) is 0 Å². The van der Waals surface area contributed by atoms with E-state index in [1.165, 1.54) is 64.0 Å². The van der Waals surface area contributed by atoms with E-state index in [-0.39, 0.29) is 0 Å². The monoisotopic (exact) mass is 292 g/mol. The molecule has 3 heteroatoms. The first-order valence-corrected chi connectivity index (χ1v) is 8.37. The van der Waals surface area contributed by atoms with Gasteiger partial charge in [-0.3, -0.25) is 0 Å². The topological polar surface area (TPSA) is 15.3 Å². The summed E-state index contributed by atoms with van der Waals surface area (Å²) in [5.74, 6) is 1.60. The van der Waals surface area contributed by atoms with Gasteiger partial charge in [0, 0.05) is 11.6 Å². The summed E-state index contributed by atoms with van der Waals surface area (Å²) >= 11 is 5.97. The Morgan fingerprint density at radius 3 is 2.50 bits per heavy atom. The fourth-order valence-electron chi connectivity index (χ4n) is 3.63. The number of hydrogen-bond acceptors (Lipinski definition) is 2. The van der Waals surface area contributed by atoms with E-state index in [2.05, 4.69) is 22.3 Å². The van der Waals surface area contributed by atoms with Crippen molar-refractivity contribution in [3.63, 3.8) is 0 Å². The van der Waals surface area contributed by atoms with Crippen LogP contribution in [-0.2, 0) is 0 Å². The smallest absolute Gasteiger partial charge is 0.0406 e. The minimum absolute atomic E-state index is 0.730. The molecule has 110 valence electrons. The fraction of sp³-hybridized carbons (Fsp3) is 0.647. The van der Waals surface area contributed by atoms with E-state index in [0.717, 1.165) is 16.9 Å². The van der Waals surface area contributed by atoms with E-state index in [1.807, 2.05) is 12.1 Å². The zero-order valence-corrected chi connectivity index (χ0v) is 12.9. The van der Waals surface area contributed by atoms with Gasteiger partial charge in [0.15, 0.2) is 0 Å². The molecule has 1 aromatic rings. The van der Waals surface area contributed by atoms with Gasteiger partial charge in [-0.1, -0.05) is 23.7 Å². The lowest BCUT2D eigenvalue weighted by Gasteiger charge is -2.35. The number of benzene rings is 1. The molecule has 0 amide bonds. The maximum atomic E-state index is 5.97. The van der Waals surface area contributed by atoms with E-state index in [0.29, 0.717) is 0 Å². The summed E-state index contributed by atoms with van der Waals surface area (Å²) in [5, 5.41) is 4.37. The Labute approximate surface area is 127 Å². The Bertz CT molecular complexity index is 404. The molecule has 2 aliphatic rings. The summed E-state index contributed by atoms with van der Waals surface area (Å²) in [4.78, 5) is 2.67. The number of hydrogen-bond donors (Lipinski definition) is 1. The molecule has 20 heavy (non-hydrogen) atoms. The van der Waals surface area contributed by atoms with Crippen molar-refractivity contribution in [2.24, 2.45) is 5.92 Å². The van der Waals surface area contributed by atoms with Crippen molar-refractivity contribution in [2.45, 2.75) is 31.6 Å². The Morgan fingerprint density at radius 2 is 1.85 bits per heavy atom. The number of likely N-dealkylation sites (tertiary alicyclic amines) is 1. The molecule has 2 fully saturated rings. The highest BCUT2D eigenvalue weighted by Gasteiger charge is 2.23. The van der Waals surface area contributed by atoms with E-state index >= 15 is 0 Å². The third-order valence-corrected chi connectivity index (χ3v) is 5.10. The maximum Gasteiger partial charge on any atom is 0.0406 e. The van der Waals surface area contributed by atoms with Gasteiger partial charge in [-0.15, -0.1) is 0 Å². The van der Waals surface area contributed by atoms with Crippen molar-refractivity contribution in [3.8, 4) is 0 Å². The van der Waals surface area contributed by atoms with Gasteiger partial charge in [-0.2, -0.15) is 0 Å². The van der Waals surface area contributed by atoms with Crippen molar-refractivity contribution < 1.29 is 0 Å². The van der Waals surface area contributed by atoms with E-state index in [1.54, 1.807) is 0 Å². The van der Waals surface area contributed by atoms with Crippen LogP contribution in [0.3, 0.4) is 0 Å². The summed E-state index contributed by atoms with van der Waals surface area (Å²) in [6, 6.07) is 8.45. The molecule has 0 radical (unpaired) electrons. The van der Waals surface area contributed by atoms with Gasteiger partial charge in [0.1, 0.15) is 0 Å². The van der Waals surface area contributed by atoms with Crippen LogP contribution < -0.4 is 5.32 Å². The molecule has 1 aromatic carbocycles. The van der Waals surface area contributed by atoms with Gasteiger partial charge >= 0.3 is 0 Å². The van der Waals surface area contributed by atoms with Crippen molar-refractivity contribution in [2.75, 3.05) is 32.7 Å². The zero-order chi connectivity index (χ0) is 13.8. The van der Waals surface area contributed by atoms with Crippen molar-refractivity contribution in [3.05, 3.63) is 34.9 Å². The summed E-state index contributed by atoms with van der Waals surface area (Å²) in [6.45, 7) is 6.24. The second kappa shape index (κ2) is 6.93. The average Bonchev–Trinajstić information content (AvgIpc) is 2.50. The lowest BCUT2D eigenvalue weighted by molar-refractivity contribution is 0.169. The first-order valence-electron chi connectivity index (χ1n) is 8.00. The Kier molecular flexibility index (Phi) is 4.98. The minimum atomic E-state index is 0.730. The second-order valence-electron chi connectivity index (χ2n) is 6.34. The minimum Gasteiger partial charge on any atom is -0.316 e. The van der Waals surface area contributed by atoms with E-state index < -0.39 is 0 Å². The van der Waals surface area contributed by atoms with Crippen LogP contribution in [0, 0.1) is 5.92 Å². The molecule has 2 aliphatic heterocycles. The predicted octanol–water partition coefficient (Wildman–Crippen LogP) is 3.52. The molecule has 0 bridgehead atoms. The van der Waals surface area contributed by atoms with Gasteiger partial charge < -0.3 is 10.2 Å². The molecule has 2 saturated heterocycles. The molecule has 1 unspecified atom stereocenters. The number of piperidine rings is 2. The number of nitrogens with zero attached hydrogens (tertiary/aromatic N) is 1. The van der Waals surface area contributed by atoms with Crippen LogP contribution in [0.2, 0.25) is 5.02 Å². The summed E-state index contributed by atoms with van der Waals surface area (Å²) in [7, 11) is 0. The maximum absolute atomic E-state index is 5.97. The molecule has 1 atom stereocenters. The van der Waals surface area contributed by atoms with E-state index in [9.17, 15) is 0 Å². The van der Waals surface area contributed by atoms with Gasteiger partial charge in [-0.25, -0.2) is 0 Å². The number of rotatable bonds is 3.